The zero-order valence-electron chi connectivity index (χ0n) is 7.16. The van der Waals surface area contributed by atoms with Gasteiger partial charge < -0.3 is 10.0 Å². The van der Waals surface area contributed by atoms with Gasteiger partial charge in [0, 0.05) is 25.4 Å². The first kappa shape index (κ1) is 9.45. The van der Waals surface area contributed by atoms with E-state index in [9.17, 15) is 9.18 Å². The van der Waals surface area contributed by atoms with Gasteiger partial charge in [-0.3, -0.25) is 4.79 Å². The van der Waals surface area contributed by atoms with E-state index in [1.807, 2.05) is 11.9 Å². The Morgan fingerprint density at radius 2 is 2.33 bits per heavy atom. The van der Waals surface area contributed by atoms with Crippen LogP contribution < -0.4 is 0 Å². The average molecular weight is 175 g/mol. The second kappa shape index (κ2) is 3.85. The number of alkyl halides is 1. The lowest BCUT2D eigenvalue weighted by Gasteiger charge is -2.09. The summed E-state index contributed by atoms with van der Waals surface area (Å²) in [5, 5.41) is 8.39. The number of carbonyl (C=O) groups is 1. The molecule has 4 heteroatoms. The molecule has 0 amide bonds. The van der Waals surface area contributed by atoms with E-state index in [0.29, 0.717) is 19.5 Å². The molecule has 0 aromatic carbocycles. The van der Waals surface area contributed by atoms with Crippen molar-refractivity contribution in [3.8, 4) is 0 Å². The van der Waals surface area contributed by atoms with Crippen molar-refractivity contribution in [2.45, 2.75) is 19.0 Å². The molecule has 0 radical (unpaired) electrons. The van der Waals surface area contributed by atoms with Crippen LogP contribution in [0.25, 0.3) is 0 Å². The number of carboxylic acids is 1. The molecule has 0 aromatic rings. The van der Waals surface area contributed by atoms with Gasteiger partial charge in [0.15, 0.2) is 0 Å². The predicted octanol–water partition coefficient (Wildman–Crippen LogP) is 0.751. The summed E-state index contributed by atoms with van der Waals surface area (Å²) in [6, 6.07) is 0. The summed E-state index contributed by atoms with van der Waals surface area (Å²) in [5.74, 6) is -0.914. The zero-order chi connectivity index (χ0) is 9.14. The smallest absolute Gasteiger partial charge is 0.303 e. The second-order valence-electron chi connectivity index (χ2n) is 3.43. The molecule has 1 N–H and O–H groups in total. The van der Waals surface area contributed by atoms with Crippen LogP contribution in [0.2, 0.25) is 0 Å². The number of likely N-dealkylation sites (tertiary alicyclic amines) is 1. The summed E-state index contributed by atoms with van der Waals surface area (Å²) in [6.45, 7) is 1.14. The summed E-state index contributed by atoms with van der Waals surface area (Å²) in [7, 11) is 1.85. The highest BCUT2D eigenvalue weighted by Gasteiger charge is 2.30. The largest absolute Gasteiger partial charge is 0.481 e. The van der Waals surface area contributed by atoms with Crippen LogP contribution in [0.5, 0.6) is 0 Å². The molecule has 0 unspecified atom stereocenters. The van der Waals surface area contributed by atoms with Crippen molar-refractivity contribution in [3.63, 3.8) is 0 Å². The van der Waals surface area contributed by atoms with Crippen LogP contribution in [0, 0.1) is 5.92 Å². The first-order chi connectivity index (χ1) is 5.59. The van der Waals surface area contributed by atoms with Gasteiger partial charge in [-0.15, -0.1) is 0 Å². The van der Waals surface area contributed by atoms with Crippen LogP contribution >= 0.6 is 0 Å². The zero-order valence-corrected chi connectivity index (χ0v) is 7.16. The predicted molar refractivity (Wildman–Crippen MR) is 42.8 cm³/mol. The minimum atomic E-state index is -0.839. The Morgan fingerprint density at radius 1 is 1.67 bits per heavy atom. The van der Waals surface area contributed by atoms with Crippen LogP contribution in [0.3, 0.4) is 0 Å². The number of hydrogen-bond donors (Lipinski definition) is 1. The van der Waals surface area contributed by atoms with E-state index in [1.54, 1.807) is 0 Å². The highest BCUT2D eigenvalue weighted by atomic mass is 19.1. The molecule has 1 aliphatic rings. The summed E-state index contributed by atoms with van der Waals surface area (Å²) in [6.07, 6.45) is -0.297. The molecule has 3 nitrogen and oxygen atoms in total. The third-order valence-corrected chi connectivity index (χ3v) is 2.27. The van der Waals surface area contributed by atoms with Crippen molar-refractivity contribution in [3.05, 3.63) is 0 Å². The molecule has 0 bridgehead atoms. The third-order valence-electron chi connectivity index (χ3n) is 2.27. The second-order valence-corrected chi connectivity index (χ2v) is 3.43. The average Bonchev–Trinajstić information content (AvgIpc) is 2.26. The van der Waals surface area contributed by atoms with Gasteiger partial charge in [0.05, 0.1) is 0 Å². The van der Waals surface area contributed by atoms with E-state index in [4.69, 9.17) is 5.11 Å². The Kier molecular flexibility index (Phi) is 3.03. The van der Waals surface area contributed by atoms with E-state index in [2.05, 4.69) is 0 Å². The number of nitrogens with zero attached hydrogens (tertiary/aromatic N) is 1. The molecular formula is C8H14FNO2. The van der Waals surface area contributed by atoms with Gasteiger partial charge in [-0.25, -0.2) is 4.39 Å². The molecule has 12 heavy (non-hydrogen) atoms. The van der Waals surface area contributed by atoms with Crippen molar-refractivity contribution in [2.24, 2.45) is 5.92 Å². The quantitative estimate of drug-likeness (QED) is 0.688. The molecule has 0 aromatic heterocycles. The topological polar surface area (TPSA) is 40.5 Å². The summed E-state index contributed by atoms with van der Waals surface area (Å²) < 4.78 is 13.1. The number of carboxylic acid groups (broad SMARTS) is 1. The number of hydrogen-bond acceptors (Lipinski definition) is 2. The van der Waals surface area contributed by atoms with E-state index in [1.165, 1.54) is 0 Å². The highest BCUT2D eigenvalue weighted by molar-refractivity contribution is 5.66. The Balaban J connectivity index is 2.28. The minimum Gasteiger partial charge on any atom is -0.481 e. The standard InChI is InChI=1S/C8H14FNO2/c1-10-4-6(7(9)5-10)2-3-8(11)12/h6-7H,2-5H2,1H3,(H,11,12)/t6-,7+/m0/s1. The van der Waals surface area contributed by atoms with Crippen LogP contribution in [-0.4, -0.2) is 42.3 Å². The Bertz CT molecular complexity index is 174. The van der Waals surface area contributed by atoms with E-state index in [0.717, 1.165) is 0 Å². The molecule has 0 aliphatic carbocycles. The number of aliphatic carboxylic acids is 1. The van der Waals surface area contributed by atoms with Gasteiger partial charge in [-0.2, -0.15) is 0 Å². The van der Waals surface area contributed by atoms with Gasteiger partial charge in [-0.1, -0.05) is 0 Å². The van der Waals surface area contributed by atoms with Crippen LogP contribution in [0.4, 0.5) is 4.39 Å². The molecule has 1 saturated heterocycles. The lowest BCUT2D eigenvalue weighted by atomic mass is 10.0. The Labute approximate surface area is 71.2 Å². The molecule has 1 fully saturated rings. The van der Waals surface area contributed by atoms with Gasteiger partial charge in [0.25, 0.3) is 0 Å². The van der Waals surface area contributed by atoms with Gasteiger partial charge in [0.2, 0.25) is 0 Å². The summed E-state index contributed by atoms with van der Waals surface area (Å²) in [5.41, 5.74) is 0. The van der Waals surface area contributed by atoms with Crippen LogP contribution in [0.15, 0.2) is 0 Å². The maximum atomic E-state index is 13.1. The lowest BCUT2D eigenvalue weighted by molar-refractivity contribution is -0.137. The molecule has 70 valence electrons. The maximum absolute atomic E-state index is 13.1. The maximum Gasteiger partial charge on any atom is 0.303 e. The summed E-state index contributed by atoms with van der Waals surface area (Å²) in [4.78, 5) is 12.1. The van der Waals surface area contributed by atoms with Gasteiger partial charge in [-0.05, 0) is 13.5 Å². The number of halogens is 1. The minimum absolute atomic E-state index is 0.0777. The van der Waals surface area contributed by atoms with Crippen molar-refractivity contribution in [1.29, 1.82) is 0 Å². The molecule has 1 aliphatic heterocycles. The van der Waals surface area contributed by atoms with Crippen molar-refractivity contribution in [1.82, 2.24) is 4.90 Å². The van der Waals surface area contributed by atoms with E-state index >= 15 is 0 Å². The van der Waals surface area contributed by atoms with Crippen LogP contribution in [0.1, 0.15) is 12.8 Å². The van der Waals surface area contributed by atoms with E-state index in [-0.39, 0.29) is 12.3 Å². The van der Waals surface area contributed by atoms with Crippen molar-refractivity contribution >= 4 is 5.97 Å². The van der Waals surface area contributed by atoms with E-state index < -0.39 is 12.1 Å². The molecule has 0 spiro atoms. The number of rotatable bonds is 3. The van der Waals surface area contributed by atoms with Crippen molar-refractivity contribution < 1.29 is 14.3 Å². The highest BCUT2D eigenvalue weighted by Crippen LogP contribution is 2.22. The van der Waals surface area contributed by atoms with Crippen molar-refractivity contribution in [2.75, 3.05) is 20.1 Å². The Morgan fingerprint density at radius 3 is 2.75 bits per heavy atom. The monoisotopic (exact) mass is 175 g/mol. The summed E-state index contributed by atoms with van der Waals surface area (Å²) >= 11 is 0. The molecule has 0 saturated carbocycles. The fraction of sp³-hybridized carbons (Fsp3) is 0.875. The third kappa shape index (κ3) is 2.44. The first-order valence-corrected chi connectivity index (χ1v) is 4.14. The lowest BCUT2D eigenvalue weighted by Crippen LogP contribution is -2.14. The fourth-order valence-electron chi connectivity index (χ4n) is 1.62. The van der Waals surface area contributed by atoms with Gasteiger partial charge >= 0.3 is 5.97 Å². The van der Waals surface area contributed by atoms with Crippen LogP contribution in [-0.2, 0) is 4.79 Å². The van der Waals surface area contributed by atoms with Gasteiger partial charge in [0.1, 0.15) is 6.17 Å². The first-order valence-electron chi connectivity index (χ1n) is 4.14. The Hall–Kier alpha value is -0.640. The molecule has 2 atom stereocenters. The SMILES string of the molecule is CN1C[C@H](CCC(=O)O)[C@H](F)C1. The molecule has 1 rings (SSSR count). The normalized spacial score (nSPS) is 30.8. The fourth-order valence-corrected chi connectivity index (χ4v) is 1.62. The molecule has 1 heterocycles. The molecular weight excluding hydrogens is 161 g/mol.